The van der Waals surface area contributed by atoms with Gasteiger partial charge in [-0.3, -0.25) is 4.79 Å². The summed E-state index contributed by atoms with van der Waals surface area (Å²) in [5, 5.41) is 23.8. The maximum atomic E-state index is 15.4. The van der Waals surface area contributed by atoms with Crippen LogP contribution in [0, 0.1) is 11.6 Å². The largest absolute Gasteiger partial charge is 0.505 e. The number of aliphatic hydroxyl groups is 1. The van der Waals surface area contributed by atoms with Gasteiger partial charge in [0, 0.05) is 10.9 Å². The van der Waals surface area contributed by atoms with Crippen LogP contribution >= 0.6 is 0 Å². The van der Waals surface area contributed by atoms with Gasteiger partial charge in [-0.05, 0) is 44.5 Å². The van der Waals surface area contributed by atoms with E-state index in [-0.39, 0.29) is 11.3 Å². The Labute approximate surface area is 174 Å². The van der Waals surface area contributed by atoms with E-state index in [9.17, 15) is 23.8 Å². The lowest BCUT2D eigenvalue weighted by Crippen LogP contribution is -2.66. The van der Waals surface area contributed by atoms with Crippen molar-refractivity contribution in [3.05, 3.63) is 64.9 Å². The highest BCUT2D eigenvalue weighted by Crippen LogP contribution is 2.58. The number of phenols is 1. The summed E-state index contributed by atoms with van der Waals surface area (Å²) in [4.78, 5) is 12.8. The molecule has 5 nitrogen and oxygen atoms in total. The molecular weight excluding hydrogens is 418 g/mol. The van der Waals surface area contributed by atoms with Crippen LogP contribution in [0.4, 0.5) is 17.6 Å². The summed E-state index contributed by atoms with van der Waals surface area (Å²) in [6.07, 6.45) is 0. The smallest absolute Gasteiger partial charge is 0.287 e. The third kappa shape index (κ3) is 2.76. The Morgan fingerprint density at radius 3 is 2.42 bits per heavy atom. The van der Waals surface area contributed by atoms with Crippen LogP contribution in [0.15, 0.2) is 40.8 Å². The van der Waals surface area contributed by atoms with Gasteiger partial charge in [0.2, 0.25) is 5.82 Å². The first-order valence-electron chi connectivity index (χ1n) is 9.41. The SMILES string of the molecule is CC1(C)c2c(cc(F)c(F)c2O)C(NC(=O)c2cc3ccccc3o2)C(C)(O)C1(F)F. The fraction of sp³-hybridized carbons (Fsp3) is 0.318. The molecule has 3 N–H and O–H groups in total. The number of para-hydroxylation sites is 1. The average Bonchev–Trinajstić information content (AvgIpc) is 3.12. The molecular formula is C22H19F4NO4. The second-order valence-electron chi connectivity index (χ2n) is 8.39. The molecule has 164 valence electrons. The van der Waals surface area contributed by atoms with E-state index in [0.717, 1.165) is 20.8 Å². The molecule has 0 aliphatic heterocycles. The Kier molecular flexibility index (Phi) is 4.41. The lowest BCUT2D eigenvalue weighted by molar-refractivity contribution is -0.228. The predicted octanol–water partition coefficient (Wildman–Crippen LogP) is 4.57. The van der Waals surface area contributed by atoms with Crippen molar-refractivity contribution in [2.24, 2.45) is 0 Å². The summed E-state index contributed by atoms with van der Waals surface area (Å²) >= 11 is 0. The quantitative estimate of drug-likeness (QED) is 0.513. The molecule has 2 aromatic carbocycles. The number of rotatable bonds is 2. The number of hydrogen-bond donors (Lipinski definition) is 3. The van der Waals surface area contributed by atoms with Crippen LogP contribution in [0.25, 0.3) is 11.0 Å². The lowest BCUT2D eigenvalue weighted by atomic mass is 9.61. The van der Waals surface area contributed by atoms with E-state index in [1.165, 1.54) is 6.07 Å². The Morgan fingerprint density at radius 2 is 1.77 bits per heavy atom. The number of alkyl halides is 2. The Morgan fingerprint density at radius 1 is 1.13 bits per heavy atom. The van der Waals surface area contributed by atoms with Crippen LogP contribution < -0.4 is 5.32 Å². The number of benzene rings is 2. The average molecular weight is 437 g/mol. The highest BCUT2D eigenvalue weighted by molar-refractivity contribution is 5.96. The molecule has 2 unspecified atom stereocenters. The normalized spacial score (nSPS) is 24.1. The molecule has 1 heterocycles. The summed E-state index contributed by atoms with van der Waals surface area (Å²) in [6.45, 7) is 2.78. The van der Waals surface area contributed by atoms with Gasteiger partial charge in [0.1, 0.15) is 5.58 Å². The van der Waals surface area contributed by atoms with Crippen LogP contribution in [0.3, 0.4) is 0 Å². The molecule has 0 spiro atoms. The first-order chi connectivity index (χ1) is 14.3. The number of furan rings is 1. The van der Waals surface area contributed by atoms with Crippen LogP contribution in [0.1, 0.15) is 48.5 Å². The minimum atomic E-state index is -3.96. The number of nitrogens with one attached hydrogen (secondary N) is 1. The number of aromatic hydroxyl groups is 1. The van der Waals surface area contributed by atoms with E-state index in [1.54, 1.807) is 24.3 Å². The van der Waals surface area contributed by atoms with Crippen LogP contribution in [0.2, 0.25) is 0 Å². The predicted molar refractivity (Wildman–Crippen MR) is 103 cm³/mol. The molecule has 3 aromatic rings. The molecule has 2 atom stereocenters. The number of carbonyl (C=O) groups is 1. The van der Waals surface area contributed by atoms with Crippen molar-refractivity contribution >= 4 is 16.9 Å². The van der Waals surface area contributed by atoms with Crippen LogP contribution in [0.5, 0.6) is 5.75 Å². The van der Waals surface area contributed by atoms with Crippen molar-refractivity contribution in [2.75, 3.05) is 0 Å². The molecule has 1 aliphatic rings. The lowest BCUT2D eigenvalue weighted by Gasteiger charge is -2.52. The Balaban J connectivity index is 1.87. The van der Waals surface area contributed by atoms with Gasteiger partial charge in [0.05, 0.1) is 11.5 Å². The third-order valence-corrected chi connectivity index (χ3v) is 6.07. The molecule has 0 fully saturated rings. The molecule has 0 saturated carbocycles. The highest BCUT2D eigenvalue weighted by atomic mass is 19.3. The van der Waals surface area contributed by atoms with Crippen molar-refractivity contribution in [1.82, 2.24) is 5.32 Å². The molecule has 9 heteroatoms. The summed E-state index contributed by atoms with van der Waals surface area (Å²) in [7, 11) is 0. The van der Waals surface area contributed by atoms with Crippen molar-refractivity contribution in [2.45, 2.75) is 43.8 Å². The van der Waals surface area contributed by atoms with Crippen molar-refractivity contribution < 1.29 is 37.0 Å². The topological polar surface area (TPSA) is 82.7 Å². The van der Waals surface area contributed by atoms with Crippen molar-refractivity contribution in [3.63, 3.8) is 0 Å². The maximum Gasteiger partial charge on any atom is 0.287 e. The standard InChI is InChI=1S/C22H19F4NO4/c1-20(2)15-11(9-12(23)16(24)17(15)28)18(21(3,30)22(20,25)26)27-19(29)14-8-10-6-4-5-7-13(10)31-14/h4-9,18,28,30H,1-3H3,(H,27,29). The van der Waals surface area contributed by atoms with Gasteiger partial charge in [-0.15, -0.1) is 0 Å². The second kappa shape index (κ2) is 6.46. The molecule has 0 bridgehead atoms. The van der Waals surface area contributed by atoms with E-state index >= 15 is 8.78 Å². The molecule has 1 amide bonds. The van der Waals surface area contributed by atoms with Gasteiger partial charge in [0.15, 0.2) is 22.9 Å². The number of fused-ring (bicyclic) bond motifs is 2. The van der Waals surface area contributed by atoms with Crippen molar-refractivity contribution in [3.8, 4) is 5.75 Å². The minimum absolute atomic E-state index is 0.224. The second-order valence-corrected chi connectivity index (χ2v) is 8.39. The van der Waals surface area contributed by atoms with Crippen LogP contribution in [-0.2, 0) is 5.41 Å². The molecule has 0 saturated heterocycles. The number of hydrogen-bond acceptors (Lipinski definition) is 4. The van der Waals surface area contributed by atoms with Gasteiger partial charge in [-0.1, -0.05) is 18.2 Å². The summed E-state index contributed by atoms with van der Waals surface area (Å²) in [5.74, 6) is -9.62. The van der Waals surface area contributed by atoms with E-state index in [2.05, 4.69) is 5.32 Å². The Hall–Kier alpha value is -3.07. The number of halogens is 4. The summed E-state index contributed by atoms with van der Waals surface area (Å²) in [6, 6.07) is 6.77. The zero-order chi connectivity index (χ0) is 22.9. The first-order valence-corrected chi connectivity index (χ1v) is 9.41. The summed E-state index contributed by atoms with van der Waals surface area (Å²) < 4.78 is 64.3. The Bertz CT molecular complexity index is 1180. The fourth-order valence-electron chi connectivity index (χ4n) is 4.30. The van der Waals surface area contributed by atoms with E-state index in [4.69, 9.17) is 4.42 Å². The van der Waals surface area contributed by atoms with Gasteiger partial charge >= 0.3 is 0 Å². The van der Waals surface area contributed by atoms with Crippen LogP contribution in [-0.4, -0.2) is 27.6 Å². The number of phenolic OH excluding ortho intramolecular Hbond substituents is 1. The molecule has 1 aromatic heterocycles. The van der Waals surface area contributed by atoms with Crippen molar-refractivity contribution in [1.29, 1.82) is 0 Å². The third-order valence-electron chi connectivity index (χ3n) is 6.07. The molecule has 4 rings (SSSR count). The number of amides is 1. The van der Waals surface area contributed by atoms with Gasteiger partial charge in [0.25, 0.3) is 11.8 Å². The molecule has 31 heavy (non-hydrogen) atoms. The van der Waals surface area contributed by atoms with E-state index in [0.29, 0.717) is 17.0 Å². The van der Waals surface area contributed by atoms with E-state index < -0.39 is 51.8 Å². The first kappa shape index (κ1) is 21.2. The zero-order valence-electron chi connectivity index (χ0n) is 16.8. The monoisotopic (exact) mass is 437 g/mol. The fourth-order valence-corrected chi connectivity index (χ4v) is 4.30. The zero-order valence-corrected chi connectivity index (χ0v) is 16.8. The van der Waals surface area contributed by atoms with Gasteiger partial charge in [-0.25, -0.2) is 13.2 Å². The molecule has 0 radical (unpaired) electrons. The van der Waals surface area contributed by atoms with Gasteiger partial charge < -0.3 is 19.9 Å². The molecule has 1 aliphatic carbocycles. The highest BCUT2D eigenvalue weighted by Gasteiger charge is 2.68. The summed E-state index contributed by atoms with van der Waals surface area (Å²) in [5.41, 5.74) is -5.78. The maximum absolute atomic E-state index is 15.4. The van der Waals surface area contributed by atoms with Gasteiger partial charge in [-0.2, -0.15) is 4.39 Å². The van der Waals surface area contributed by atoms with E-state index in [1.807, 2.05) is 0 Å². The number of carbonyl (C=O) groups excluding carboxylic acids is 1. The minimum Gasteiger partial charge on any atom is -0.505 e.